The number of hydrogen-bond donors (Lipinski definition) is 2. The summed E-state index contributed by atoms with van der Waals surface area (Å²) < 4.78 is 25.7. The third kappa shape index (κ3) is 4.68. The van der Waals surface area contributed by atoms with Gasteiger partial charge in [-0.1, -0.05) is 48.5 Å². The second-order valence-electron chi connectivity index (χ2n) is 7.25. The van der Waals surface area contributed by atoms with Gasteiger partial charge in [0.1, 0.15) is 0 Å². The van der Waals surface area contributed by atoms with Gasteiger partial charge in [0.15, 0.2) is 0 Å². The Morgan fingerprint density at radius 3 is 2.66 bits per heavy atom. The van der Waals surface area contributed by atoms with Gasteiger partial charge >= 0.3 is 6.03 Å². The van der Waals surface area contributed by atoms with Crippen LogP contribution < -0.4 is 10.6 Å². The first-order valence-corrected chi connectivity index (χ1v) is 9.56. The van der Waals surface area contributed by atoms with Gasteiger partial charge in [-0.2, -0.15) is 0 Å². The Labute approximate surface area is 167 Å². The fourth-order valence-corrected chi connectivity index (χ4v) is 3.89. The molecule has 2 aromatic carbocycles. The Kier molecular flexibility index (Phi) is 5.67. The lowest BCUT2D eigenvalue weighted by Crippen LogP contribution is -2.42. The molecule has 2 heterocycles. The number of pyridine rings is 1. The van der Waals surface area contributed by atoms with Crippen molar-refractivity contribution in [2.24, 2.45) is 0 Å². The van der Waals surface area contributed by atoms with Crippen LogP contribution in [0.3, 0.4) is 0 Å². The van der Waals surface area contributed by atoms with E-state index >= 15 is 0 Å². The SMILES string of the molecule is O=C(Nc1cnc2ccccc2c1)N[C@@H]1CN(CC(F)F)C[C@H]1c1ccccc1. The van der Waals surface area contributed by atoms with Gasteiger partial charge < -0.3 is 10.6 Å². The minimum absolute atomic E-state index is 0.0459. The number of anilines is 1. The second kappa shape index (κ2) is 8.53. The summed E-state index contributed by atoms with van der Waals surface area (Å²) in [4.78, 5) is 18.6. The number of halogens is 2. The molecule has 1 saturated heterocycles. The van der Waals surface area contributed by atoms with Gasteiger partial charge in [0.2, 0.25) is 0 Å². The van der Waals surface area contributed by atoms with Gasteiger partial charge in [-0.05, 0) is 17.7 Å². The molecule has 150 valence electrons. The Bertz CT molecular complexity index is 983. The Hall–Kier alpha value is -3.06. The third-order valence-electron chi connectivity index (χ3n) is 5.18. The van der Waals surface area contributed by atoms with Crippen LogP contribution in [0, 0.1) is 0 Å². The molecule has 0 saturated carbocycles. The first-order chi connectivity index (χ1) is 14.1. The van der Waals surface area contributed by atoms with Crippen LogP contribution in [-0.2, 0) is 0 Å². The largest absolute Gasteiger partial charge is 0.333 e. The number of para-hydroxylation sites is 1. The van der Waals surface area contributed by atoms with Crippen LogP contribution in [0.1, 0.15) is 11.5 Å². The van der Waals surface area contributed by atoms with E-state index in [0.717, 1.165) is 16.5 Å². The summed E-state index contributed by atoms with van der Waals surface area (Å²) in [7, 11) is 0. The van der Waals surface area contributed by atoms with E-state index in [2.05, 4.69) is 15.6 Å². The fraction of sp³-hybridized carbons (Fsp3) is 0.273. The predicted octanol–water partition coefficient (Wildman–Crippen LogP) is 4.09. The number of nitrogens with one attached hydrogen (secondary N) is 2. The standard InChI is InChI=1S/C22H22F2N4O/c23-21(24)14-28-12-18(15-6-2-1-3-7-15)20(13-28)27-22(29)26-17-10-16-8-4-5-9-19(16)25-11-17/h1-11,18,20-21H,12-14H2,(H2,26,27,29)/t18-,20+/m0/s1. The lowest BCUT2D eigenvalue weighted by atomic mass is 9.94. The molecular weight excluding hydrogens is 374 g/mol. The van der Waals surface area contributed by atoms with Crippen LogP contribution >= 0.6 is 0 Å². The average molecular weight is 396 g/mol. The van der Waals surface area contributed by atoms with Crippen molar-refractivity contribution in [3.05, 3.63) is 72.4 Å². The number of aromatic nitrogens is 1. The number of carbonyl (C=O) groups excluding carboxylic acids is 1. The zero-order chi connectivity index (χ0) is 20.2. The van der Waals surface area contributed by atoms with E-state index in [1.54, 1.807) is 11.1 Å². The van der Waals surface area contributed by atoms with Crippen molar-refractivity contribution >= 4 is 22.6 Å². The van der Waals surface area contributed by atoms with Crippen LogP contribution in [-0.4, -0.2) is 48.0 Å². The summed E-state index contributed by atoms with van der Waals surface area (Å²) in [6.07, 6.45) is -0.795. The fourth-order valence-electron chi connectivity index (χ4n) is 3.89. The number of fused-ring (bicyclic) bond motifs is 1. The van der Waals surface area contributed by atoms with Gasteiger partial charge in [-0.15, -0.1) is 0 Å². The summed E-state index contributed by atoms with van der Waals surface area (Å²) in [5.41, 5.74) is 2.46. The van der Waals surface area contributed by atoms with Crippen molar-refractivity contribution in [1.82, 2.24) is 15.2 Å². The van der Waals surface area contributed by atoms with Crippen molar-refractivity contribution in [2.45, 2.75) is 18.4 Å². The number of amides is 2. The molecule has 0 bridgehead atoms. The Balaban J connectivity index is 1.46. The Morgan fingerprint density at radius 1 is 1.10 bits per heavy atom. The maximum Gasteiger partial charge on any atom is 0.319 e. The molecule has 29 heavy (non-hydrogen) atoms. The van der Waals surface area contributed by atoms with Crippen LogP contribution in [0.4, 0.5) is 19.3 Å². The topological polar surface area (TPSA) is 57.3 Å². The van der Waals surface area contributed by atoms with E-state index < -0.39 is 6.43 Å². The molecule has 0 spiro atoms. The lowest BCUT2D eigenvalue weighted by molar-refractivity contribution is 0.0983. The zero-order valence-corrected chi connectivity index (χ0v) is 15.8. The molecule has 4 rings (SSSR count). The van der Waals surface area contributed by atoms with Gasteiger partial charge in [0.25, 0.3) is 6.43 Å². The summed E-state index contributed by atoms with van der Waals surface area (Å²) in [6, 6.07) is 18.6. The molecule has 0 aliphatic carbocycles. The highest BCUT2D eigenvalue weighted by atomic mass is 19.3. The highest BCUT2D eigenvalue weighted by Crippen LogP contribution is 2.28. The Morgan fingerprint density at radius 2 is 1.86 bits per heavy atom. The minimum Gasteiger partial charge on any atom is -0.333 e. The molecule has 2 atom stereocenters. The number of likely N-dealkylation sites (tertiary alicyclic amines) is 1. The van der Waals surface area contributed by atoms with Crippen molar-refractivity contribution in [2.75, 3.05) is 25.0 Å². The number of alkyl halides is 2. The quantitative estimate of drug-likeness (QED) is 0.683. The molecule has 1 aliphatic rings. The molecule has 5 nitrogen and oxygen atoms in total. The summed E-state index contributed by atoms with van der Waals surface area (Å²) >= 11 is 0. The third-order valence-corrected chi connectivity index (χ3v) is 5.18. The zero-order valence-electron chi connectivity index (χ0n) is 15.8. The van der Waals surface area contributed by atoms with E-state index in [9.17, 15) is 13.6 Å². The average Bonchev–Trinajstić information content (AvgIpc) is 3.09. The second-order valence-corrected chi connectivity index (χ2v) is 7.25. The highest BCUT2D eigenvalue weighted by Gasteiger charge is 2.35. The highest BCUT2D eigenvalue weighted by molar-refractivity contribution is 5.92. The first kappa shape index (κ1) is 19.3. The molecule has 7 heteroatoms. The van der Waals surface area contributed by atoms with Crippen molar-refractivity contribution < 1.29 is 13.6 Å². The van der Waals surface area contributed by atoms with E-state index in [0.29, 0.717) is 18.8 Å². The van der Waals surface area contributed by atoms with Crippen LogP contribution in [0.2, 0.25) is 0 Å². The molecule has 1 aliphatic heterocycles. The van der Waals surface area contributed by atoms with E-state index in [4.69, 9.17) is 0 Å². The summed E-state index contributed by atoms with van der Waals surface area (Å²) in [5.74, 6) is -0.0459. The van der Waals surface area contributed by atoms with Crippen LogP contribution in [0.15, 0.2) is 66.9 Å². The molecule has 3 aromatic rings. The maximum absolute atomic E-state index is 12.9. The number of carbonyl (C=O) groups is 1. The molecular formula is C22H22F2N4O. The van der Waals surface area contributed by atoms with Gasteiger partial charge in [0, 0.05) is 24.4 Å². The maximum atomic E-state index is 12.9. The van der Waals surface area contributed by atoms with E-state index in [1.165, 1.54) is 0 Å². The van der Waals surface area contributed by atoms with E-state index in [1.807, 2.05) is 60.7 Å². The monoisotopic (exact) mass is 396 g/mol. The van der Waals surface area contributed by atoms with Gasteiger partial charge in [0.05, 0.1) is 30.0 Å². The van der Waals surface area contributed by atoms with Crippen LogP contribution in [0.5, 0.6) is 0 Å². The molecule has 0 unspecified atom stereocenters. The molecule has 2 amide bonds. The van der Waals surface area contributed by atoms with Crippen molar-refractivity contribution in [3.8, 4) is 0 Å². The molecule has 1 fully saturated rings. The smallest absolute Gasteiger partial charge is 0.319 e. The van der Waals surface area contributed by atoms with Gasteiger partial charge in [-0.25, -0.2) is 13.6 Å². The normalized spacial score (nSPS) is 19.6. The number of nitrogens with zero attached hydrogens (tertiary/aromatic N) is 2. The number of benzene rings is 2. The van der Waals surface area contributed by atoms with E-state index in [-0.39, 0.29) is 24.5 Å². The molecule has 1 aromatic heterocycles. The minimum atomic E-state index is -2.40. The molecule has 0 radical (unpaired) electrons. The molecule has 2 N–H and O–H groups in total. The van der Waals surface area contributed by atoms with Crippen molar-refractivity contribution in [1.29, 1.82) is 0 Å². The first-order valence-electron chi connectivity index (χ1n) is 9.56. The van der Waals surface area contributed by atoms with Crippen LogP contribution in [0.25, 0.3) is 10.9 Å². The summed E-state index contributed by atoms with van der Waals surface area (Å²) in [6.45, 7) is 0.571. The predicted molar refractivity (Wildman–Crippen MR) is 109 cm³/mol. The number of hydrogen-bond acceptors (Lipinski definition) is 3. The van der Waals surface area contributed by atoms with Crippen molar-refractivity contribution in [3.63, 3.8) is 0 Å². The number of rotatable bonds is 5. The lowest BCUT2D eigenvalue weighted by Gasteiger charge is -2.20. The van der Waals surface area contributed by atoms with Gasteiger partial charge in [-0.3, -0.25) is 9.88 Å². The number of urea groups is 1. The summed E-state index contributed by atoms with van der Waals surface area (Å²) in [5, 5.41) is 6.70.